The van der Waals surface area contributed by atoms with Crippen molar-refractivity contribution in [3.8, 4) is 0 Å². The van der Waals surface area contributed by atoms with E-state index in [0.717, 1.165) is 12.8 Å². The number of carbonyl (C=O) groups excluding carboxylic acids is 3. The van der Waals surface area contributed by atoms with E-state index in [1.54, 1.807) is 24.3 Å². The highest BCUT2D eigenvalue weighted by molar-refractivity contribution is 6.31. The van der Waals surface area contributed by atoms with Crippen molar-refractivity contribution in [1.82, 2.24) is 9.88 Å². The van der Waals surface area contributed by atoms with Crippen molar-refractivity contribution in [2.45, 2.75) is 44.4 Å². The second-order valence-corrected chi connectivity index (χ2v) is 7.53. The molecule has 3 rings (SSSR count). The van der Waals surface area contributed by atoms with E-state index in [0.29, 0.717) is 23.4 Å². The molecule has 0 N–H and O–H groups in total. The molecule has 0 spiro atoms. The maximum atomic E-state index is 13.1. The molecular weight excluding hydrogens is 408 g/mol. The van der Waals surface area contributed by atoms with Crippen molar-refractivity contribution in [2.24, 2.45) is 0 Å². The normalized spacial score (nSPS) is 19.6. The Kier molecular flexibility index (Phi) is 6.72. The first-order chi connectivity index (χ1) is 14.4. The Morgan fingerprint density at radius 1 is 1.13 bits per heavy atom. The number of carbonyl (C=O) groups is 3. The van der Waals surface area contributed by atoms with Gasteiger partial charge in [0, 0.05) is 43.4 Å². The zero-order chi connectivity index (χ0) is 21.7. The number of Topliss-reactive ketones (excluding diaryl/α,β-unsaturated/α-hetero) is 1. The zero-order valence-corrected chi connectivity index (χ0v) is 17.6. The lowest BCUT2D eigenvalue weighted by atomic mass is 9.74. The molecule has 2 aromatic rings. The predicted molar refractivity (Wildman–Crippen MR) is 110 cm³/mol. The zero-order valence-electron chi connectivity index (χ0n) is 16.8. The first kappa shape index (κ1) is 21.8. The smallest absolute Gasteiger partial charge is 0.413 e. The quantitative estimate of drug-likeness (QED) is 0.518. The molecule has 0 radical (unpaired) electrons. The van der Waals surface area contributed by atoms with Gasteiger partial charge in [0.2, 0.25) is 6.29 Å². The van der Waals surface area contributed by atoms with Gasteiger partial charge in [0.05, 0.1) is 5.56 Å². The topological polar surface area (TPSA) is 85.8 Å². The Morgan fingerprint density at radius 2 is 1.83 bits per heavy atom. The molecule has 2 atom stereocenters. The third kappa shape index (κ3) is 4.31. The summed E-state index contributed by atoms with van der Waals surface area (Å²) >= 11 is 6.40. The largest absolute Gasteiger partial charge is 0.422 e. The molecule has 1 aromatic heterocycles. The molecule has 0 aliphatic heterocycles. The fourth-order valence-electron chi connectivity index (χ4n) is 3.74. The maximum Gasteiger partial charge on any atom is 0.413 e. The van der Waals surface area contributed by atoms with E-state index in [9.17, 15) is 14.4 Å². The number of esters is 1. The van der Waals surface area contributed by atoms with Crippen molar-refractivity contribution in [2.75, 3.05) is 7.05 Å². The Balaban J connectivity index is 1.79. The van der Waals surface area contributed by atoms with E-state index in [-0.39, 0.29) is 11.3 Å². The summed E-state index contributed by atoms with van der Waals surface area (Å²) in [6.07, 6.45) is 3.30. The summed E-state index contributed by atoms with van der Waals surface area (Å²) < 4.78 is 10.5. The van der Waals surface area contributed by atoms with Crippen LogP contribution < -0.4 is 0 Å². The predicted octanol–water partition coefficient (Wildman–Crippen LogP) is 4.34. The van der Waals surface area contributed by atoms with Crippen molar-refractivity contribution in [3.63, 3.8) is 0 Å². The molecule has 1 unspecified atom stereocenters. The van der Waals surface area contributed by atoms with Crippen LogP contribution in [0, 0.1) is 0 Å². The highest BCUT2D eigenvalue weighted by Gasteiger charge is 2.48. The van der Waals surface area contributed by atoms with Crippen LogP contribution in [0.3, 0.4) is 0 Å². The van der Waals surface area contributed by atoms with E-state index in [4.69, 9.17) is 21.1 Å². The molecular formula is C22H23ClN2O5. The summed E-state index contributed by atoms with van der Waals surface area (Å²) in [7, 11) is 1.51. The number of amides is 1. The van der Waals surface area contributed by atoms with Crippen LogP contribution in [0.25, 0.3) is 0 Å². The minimum absolute atomic E-state index is 0.0947. The van der Waals surface area contributed by atoms with Crippen LogP contribution in [-0.4, -0.2) is 41.1 Å². The minimum atomic E-state index is -1.22. The number of benzene rings is 1. The van der Waals surface area contributed by atoms with Gasteiger partial charge in [-0.25, -0.2) is 9.59 Å². The first-order valence-electron chi connectivity index (χ1n) is 9.70. The van der Waals surface area contributed by atoms with Gasteiger partial charge in [0.15, 0.2) is 5.78 Å². The van der Waals surface area contributed by atoms with E-state index in [1.165, 1.54) is 43.4 Å². The number of ether oxygens (including phenoxy) is 2. The molecule has 1 fully saturated rings. The molecule has 1 heterocycles. The number of nitrogens with zero attached hydrogens (tertiary/aromatic N) is 2. The van der Waals surface area contributed by atoms with E-state index >= 15 is 0 Å². The maximum absolute atomic E-state index is 13.1. The van der Waals surface area contributed by atoms with Crippen molar-refractivity contribution in [3.05, 3.63) is 64.9 Å². The Labute approximate surface area is 179 Å². The number of pyridine rings is 1. The molecule has 0 bridgehead atoms. The number of hydrogen-bond donors (Lipinski definition) is 0. The summed E-state index contributed by atoms with van der Waals surface area (Å²) in [5, 5.41) is 0.407. The number of hydrogen-bond acceptors (Lipinski definition) is 6. The lowest BCUT2D eigenvalue weighted by Crippen LogP contribution is -2.54. The Morgan fingerprint density at radius 3 is 2.50 bits per heavy atom. The van der Waals surface area contributed by atoms with Crippen LogP contribution in [0.4, 0.5) is 4.79 Å². The summed E-state index contributed by atoms with van der Waals surface area (Å²) in [4.78, 5) is 43.2. The SMILES string of the molecule is CC(OC(=O)c1ccncc1)OC(=O)N(C)[C@]1(c2ccccc2Cl)CCCCC1=O. The molecule has 0 saturated heterocycles. The summed E-state index contributed by atoms with van der Waals surface area (Å²) in [5.74, 6) is -0.738. The average molecular weight is 431 g/mol. The van der Waals surface area contributed by atoms with Gasteiger partial charge >= 0.3 is 12.1 Å². The van der Waals surface area contributed by atoms with Crippen LogP contribution >= 0.6 is 11.6 Å². The monoisotopic (exact) mass is 430 g/mol. The minimum Gasteiger partial charge on any atom is -0.422 e. The molecule has 7 nitrogen and oxygen atoms in total. The molecule has 1 aliphatic rings. The highest BCUT2D eigenvalue weighted by atomic mass is 35.5. The van der Waals surface area contributed by atoms with Gasteiger partial charge in [-0.2, -0.15) is 0 Å². The number of ketones is 1. The third-order valence-corrected chi connectivity index (χ3v) is 5.60. The van der Waals surface area contributed by atoms with E-state index in [1.807, 2.05) is 0 Å². The molecule has 1 saturated carbocycles. The molecule has 158 valence electrons. The van der Waals surface area contributed by atoms with Crippen LogP contribution in [0.2, 0.25) is 5.02 Å². The number of likely N-dealkylation sites (N-methyl/N-ethyl adjacent to an activating group) is 1. The van der Waals surface area contributed by atoms with E-state index in [2.05, 4.69) is 4.98 Å². The van der Waals surface area contributed by atoms with Gasteiger partial charge in [-0.3, -0.25) is 14.7 Å². The lowest BCUT2D eigenvalue weighted by Gasteiger charge is -2.43. The van der Waals surface area contributed by atoms with Gasteiger partial charge in [0.1, 0.15) is 5.54 Å². The number of halogens is 1. The average Bonchev–Trinajstić information content (AvgIpc) is 2.74. The van der Waals surface area contributed by atoms with Crippen LogP contribution in [0.15, 0.2) is 48.8 Å². The van der Waals surface area contributed by atoms with Crippen molar-refractivity contribution < 1.29 is 23.9 Å². The molecule has 30 heavy (non-hydrogen) atoms. The fraction of sp³-hybridized carbons (Fsp3) is 0.364. The summed E-state index contributed by atoms with van der Waals surface area (Å²) in [6, 6.07) is 9.99. The number of rotatable bonds is 5. The number of aromatic nitrogens is 1. The van der Waals surface area contributed by atoms with Crippen molar-refractivity contribution in [1.29, 1.82) is 0 Å². The molecule has 1 aliphatic carbocycles. The first-order valence-corrected chi connectivity index (χ1v) is 10.1. The summed E-state index contributed by atoms with van der Waals surface area (Å²) in [6.45, 7) is 1.44. The van der Waals surface area contributed by atoms with Crippen molar-refractivity contribution >= 4 is 29.4 Å². The van der Waals surface area contributed by atoms with Crippen LogP contribution in [-0.2, 0) is 19.8 Å². The van der Waals surface area contributed by atoms with Gasteiger partial charge in [-0.05, 0) is 37.5 Å². The van der Waals surface area contributed by atoms with Gasteiger partial charge in [-0.15, -0.1) is 0 Å². The second kappa shape index (κ2) is 9.26. The second-order valence-electron chi connectivity index (χ2n) is 7.12. The third-order valence-electron chi connectivity index (χ3n) is 5.28. The Bertz CT molecular complexity index is 936. The summed E-state index contributed by atoms with van der Waals surface area (Å²) in [5.41, 5.74) is -0.365. The molecule has 1 amide bonds. The van der Waals surface area contributed by atoms with Gasteiger partial charge in [0.25, 0.3) is 0 Å². The standard InChI is InChI=1S/C22H23ClN2O5/c1-15(29-20(27)16-10-13-24-14-11-16)30-21(28)25(2)22(12-6-5-9-19(22)26)17-7-3-4-8-18(17)23/h3-4,7-8,10-11,13-15H,5-6,9,12H2,1-2H3/t15?,22-/m0/s1. The van der Waals surface area contributed by atoms with Gasteiger partial charge < -0.3 is 9.47 Å². The fourth-order valence-corrected chi connectivity index (χ4v) is 4.03. The molecule has 1 aromatic carbocycles. The Hall–Kier alpha value is -2.93. The lowest BCUT2D eigenvalue weighted by molar-refractivity contribution is -0.135. The highest BCUT2D eigenvalue weighted by Crippen LogP contribution is 2.42. The van der Waals surface area contributed by atoms with E-state index < -0.39 is 23.9 Å². The van der Waals surface area contributed by atoms with Gasteiger partial charge in [-0.1, -0.05) is 29.8 Å². The van der Waals surface area contributed by atoms with Crippen LogP contribution in [0.5, 0.6) is 0 Å². The van der Waals surface area contributed by atoms with Crippen LogP contribution in [0.1, 0.15) is 48.5 Å². The molecule has 8 heteroatoms.